The maximum absolute atomic E-state index is 13.6. The van der Waals surface area contributed by atoms with Crippen LogP contribution >= 0.6 is 27.7 Å². The molecule has 3 rings (SSSR count). The number of halogens is 2. The molecule has 0 saturated heterocycles. The summed E-state index contributed by atoms with van der Waals surface area (Å²) in [7, 11) is 0. The van der Waals surface area contributed by atoms with Gasteiger partial charge in [0.25, 0.3) is 0 Å². The number of carbonyl (C=O) groups is 1. The Kier molecular flexibility index (Phi) is 4.39. The smallest absolute Gasteiger partial charge is 0.234 e. The first-order chi connectivity index (χ1) is 10.6. The number of benzene rings is 1. The molecular weight excluding hydrogens is 371 g/mol. The Morgan fingerprint density at radius 2 is 2.27 bits per heavy atom. The monoisotopic (exact) mass is 380 g/mol. The Hall–Kier alpha value is -1.93. The number of amides is 1. The minimum atomic E-state index is -0.485. The number of aromatic amines is 1. The number of hydrogen-bond donors (Lipinski definition) is 2. The standard InChI is InChI=1S/C14H10BrFN4OS/c15-8-3-4-10(9(16)6-8)18-12(21)7-22-14-19-11-2-1-5-17-13(11)20-14/h1-6H,7H2,(H,18,21)(H,17,19,20). The molecule has 8 heteroatoms. The van der Waals surface area contributed by atoms with Crippen LogP contribution in [-0.4, -0.2) is 26.6 Å². The Morgan fingerprint density at radius 1 is 1.41 bits per heavy atom. The fourth-order valence-corrected chi connectivity index (χ4v) is 2.81. The molecule has 0 aliphatic heterocycles. The highest BCUT2D eigenvalue weighted by Gasteiger charge is 2.10. The fourth-order valence-electron chi connectivity index (χ4n) is 1.80. The molecule has 5 nitrogen and oxygen atoms in total. The average molecular weight is 381 g/mol. The lowest BCUT2D eigenvalue weighted by molar-refractivity contribution is -0.113. The van der Waals surface area contributed by atoms with Crippen LogP contribution in [0.5, 0.6) is 0 Å². The van der Waals surface area contributed by atoms with E-state index in [-0.39, 0.29) is 17.3 Å². The molecule has 0 saturated carbocycles. The van der Waals surface area contributed by atoms with Crippen LogP contribution in [0.3, 0.4) is 0 Å². The summed E-state index contributed by atoms with van der Waals surface area (Å²) in [5, 5.41) is 3.13. The van der Waals surface area contributed by atoms with Crippen molar-refractivity contribution in [1.29, 1.82) is 0 Å². The normalized spacial score (nSPS) is 10.8. The quantitative estimate of drug-likeness (QED) is 0.678. The maximum Gasteiger partial charge on any atom is 0.234 e. The third-order valence-corrected chi connectivity index (χ3v) is 4.15. The van der Waals surface area contributed by atoms with Gasteiger partial charge in [-0.25, -0.2) is 14.4 Å². The third kappa shape index (κ3) is 3.45. The van der Waals surface area contributed by atoms with E-state index < -0.39 is 5.82 Å². The molecule has 0 radical (unpaired) electrons. The summed E-state index contributed by atoms with van der Waals surface area (Å²) >= 11 is 4.40. The molecule has 0 unspecified atom stereocenters. The summed E-state index contributed by atoms with van der Waals surface area (Å²) in [4.78, 5) is 23.3. The van der Waals surface area contributed by atoms with Gasteiger partial charge in [-0.1, -0.05) is 27.7 Å². The van der Waals surface area contributed by atoms with Gasteiger partial charge in [-0.05, 0) is 30.3 Å². The summed E-state index contributed by atoms with van der Waals surface area (Å²) in [6.45, 7) is 0. The summed E-state index contributed by atoms with van der Waals surface area (Å²) in [6, 6.07) is 8.13. The first-order valence-electron chi connectivity index (χ1n) is 6.30. The number of pyridine rings is 1. The van der Waals surface area contributed by atoms with Crippen molar-refractivity contribution in [3.63, 3.8) is 0 Å². The predicted molar refractivity (Wildman–Crippen MR) is 87.3 cm³/mol. The van der Waals surface area contributed by atoms with Crippen molar-refractivity contribution < 1.29 is 9.18 Å². The van der Waals surface area contributed by atoms with Crippen LogP contribution in [0.15, 0.2) is 46.2 Å². The van der Waals surface area contributed by atoms with Crippen molar-refractivity contribution in [1.82, 2.24) is 15.0 Å². The molecule has 0 spiro atoms. The highest BCUT2D eigenvalue weighted by atomic mass is 79.9. The van der Waals surface area contributed by atoms with E-state index in [0.717, 1.165) is 5.52 Å². The molecule has 0 atom stereocenters. The van der Waals surface area contributed by atoms with Gasteiger partial charge in [0.1, 0.15) is 5.82 Å². The molecule has 2 aromatic heterocycles. The number of aromatic nitrogens is 3. The van der Waals surface area contributed by atoms with Crippen LogP contribution in [0.4, 0.5) is 10.1 Å². The number of rotatable bonds is 4. The number of nitrogens with zero attached hydrogens (tertiary/aromatic N) is 2. The third-order valence-electron chi connectivity index (χ3n) is 2.78. The Morgan fingerprint density at radius 3 is 3.05 bits per heavy atom. The lowest BCUT2D eigenvalue weighted by Gasteiger charge is -2.05. The van der Waals surface area contributed by atoms with E-state index in [2.05, 4.69) is 36.2 Å². The summed E-state index contributed by atoms with van der Waals surface area (Å²) < 4.78 is 14.3. The zero-order valence-electron chi connectivity index (χ0n) is 11.1. The molecule has 1 aromatic carbocycles. The van der Waals surface area contributed by atoms with Crippen LogP contribution < -0.4 is 5.32 Å². The summed E-state index contributed by atoms with van der Waals surface area (Å²) in [6.07, 6.45) is 1.65. The highest BCUT2D eigenvalue weighted by Crippen LogP contribution is 2.21. The van der Waals surface area contributed by atoms with Gasteiger partial charge in [0.05, 0.1) is 17.0 Å². The number of hydrogen-bond acceptors (Lipinski definition) is 4. The number of nitrogens with one attached hydrogen (secondary N) is 2. The minimum Gasteiger partial charge on any atom is -0.332 e. The van der Waals surface area contributed by atoms with Crippen molar-refractivity contribution in [3.8, 4) is 0 Å². The molecule has 2 N–H and O–H groups in total. The van der Waals surface area contributed by atoms with E-state index in [9.17, 15) is 9.18 Å². The SMILES string of the molecule is O=C(CSc1nc2ncccc2[nH]1)Nc1ccc(Br)cc1F. The number of imidazole rings is 1. The topological polar surface area (TPSA) is 70.7 Å². The number of fused-ring (bicyclic) bond motifs is 1. The van der Waals surface area contributed by atoms with Crippen molar-refractivity contribution in [2.75, 3.05) is 11.1 Å². The minimum absolute atomic E-state index is 0.120. The first kappa shape index (κ1) is 15.0. The average Bonchev–Trinajstić information content (AvgIpc) is 2.91. The molecule has 2 heterocycles. The second kappa shape index (κ2) is 6.45. The van der Waals surface area contributed by atoms with E-state index in [1.165, 1.54) is 23.9 Å². The summed E-state index contributed by atoms with van der Waals surface area (Å²) in [5.74, 6) is -0.671. The number of anilines is 1. The second-order valence-corrected chi connectivity index (χ2v) is 6.26. The van der Waals surface area contributed by atoms with E-state index >= 15 is 0 Å². The van der Waals surface area contributed by atoms with Gasteiger partial charge in [0, 0.05) is 10.7 Å². The van der Waals surface area contributed by atoms with Gasteiger partial charge in [-0.2, -0.15) is 0 Å². The highest BCUT2D eigenvalue weighted by molar-refractivity contribution is 9.10. The van der Waals surface area contributed by atoms with Crippen LogP contribution in [0.1, 0.15) is 0 Å². The van der Waals surface area contributed by atoms with Crippen molar-refractivity contribution in [2.24, 2.45) is 0 Å². The van der Waals surface area contributed by atoms with E-state index in [0.29, 0.717) is 15.3 Å². The lowest BCUT2D eigenvalue weighted by atomic mass is 10.3. The van der Waals surface area contributed by atoms with Gasteiger partial charge in [-0.15, -0.1) is 0 Å². The molecule has 0 aliphatic rings. The Labute approximate surface area is 137 Å². The van der Waals surface area contributed by atoms with E-state index in [1.807, 2.05) is 6.07 Å². The molecule has 0 fully saturated rings. The van der Waals surface area contributed by atoms with Crippen molar-refractivity contribution in [3.05, 3.63) is 46.8 Å². The second-order valence-electron chi connectivity index (χ2n) is 4.38. The number of H-pyrrole nitrogens is 1. The molecular formula is C14H10BrFN4OS. The zero-order valence-corrected chi connectivity index (χ0v) is 13.5. The number of thioether (sulfide) groups is 1. The van der Waals surface area contributed by atoms with Crippen molar-refractivity contribution >= 4 is 50.5 Å². The largest absolute Gasteiger partial charge is 0.332 e. The number of carbonyl (C=O) groups excluding carboxylic acids is 1. The molecule has 112 valence electrons. The van der Waals surface area contributed by atoms with E-state index in [4.69, 9.17) is 0 Å². The van der Waals surface area contributed by atoms with Gasteiger partial charge < -0.3 is 10.3 Å². The molecule has 1 amide bonds. The summed E-state index contributed by atoms with van der Waals surface area (Å²) in [5.41, 5.74) is 1.56. The zero-order chi connectivity index (χ0) is 15.5. The van der Waals surface area contributed by atoms with E-state index in [1.54, 1.807) is 18.3 Å². The fraction of sp³-hybridized carbons (Fsp3) is 0.0714. The van der Waals surface area contributed by atoms with Crippen LogP contribution in [0, 0.1) is 5.82 Å². The van der Waals surface area contributed by atoms with Crippen LogP contribution in [-0.2, 0) is 4.79 Å². The first-order valence-corrected chi connectivity index (χ1v) is 8.08. The van der Waals surface area contributed by atoms with Gasteiger partial charge in [-0.3, -0.25) is 4.79 Å². The molecule has 3 aromatic rings. The molecule has 0 aliphatic carbocycles. The molecule has 0 bridgehead atoms. The van der Waals surface area contributed by atoms with Crippen molar-refractivity contribution in [2.45, 2.75) is 5.16 Å². The Balaban J connectivity index is 1.62. The Bertz CT molecular complexity index is 806. The lowest BCUT2D eigenvalue weighted by Crippen LogP contribution is -2.15. The maximum atomic E-state index is 13.6. The predicted octanol–water partition coefficient (Wildman–Crippen LogP) is 3.59. The van der Waals surface area contributed by atoms with Gasteiger partial charge in [0.15, 0.2) is 10.8 Å². The van der Waals surface area contributed by atoms with Gasteiger partial charge in [0.2, 0.25) is 5.91 Å². The van der Waals surface area contributed by atoms with Crippen LogP contribution in [0.2, 0.25) is 0 Å². The van der Waals surface area contributed by atoms with Gasteiger partial charge >= 0.3 is 0 Å². The molecule has 22 heavy (non-hydrogen) atoms. The van der Waals surface area contributed by atoms with Crippen LogP contribution in [0.25, 0.3) is 11.2 Å².